The summed E-state index contributed by atoms with van der Waals surface area (Å²) < 4.78 is 11.5. The predicted octanol–water partition coefficient (Wildman–Crippen LogP) is 4.44. The zero-order chi connectivity index (χ0) is 33.0. The van der Waals surface area contributed by atoms with Crippen molar-refractivity contribution in [3.05, 3.63) is 54.0 Å². The topological polar surface area (TPSA) is 116 Å². The third-order valence-electron chi connectivity index (χ3n) is 9.10. The fourth-order valence-electron chi connectivity index (χ4n) is 6.71. The molecule has 0 radical (unpaired) electrons. The monoisotopic (exact) mass is 632 g/mol. The van der Waals surface area contributed by atoms with E-state index in [0.717, 1.165) is 50.1 Å². The highest BCUT2D eigenvalue weighted by atomic mass is 16.5. The van der Waals surface area contributed by atoms with Crippen LogP contribution >= 0.6 is 0 Å². The average Bonchev–Trinajstić information content (AvgIpc) is 3.32. The third kappa shape index (κ3) is 7.24. The molecule has 0 spiro atoms. The number of piperidine rings is 1. The van der Waals surface area contributed by atoms with Gasteiger partial charge in [-0.05, 0) is 86.2 Å². The molecule has 248 valence electrons. The van der Waals surface area contributed by atoms with Crippen LogP contribution in [0, 0.1) is 0 Å². The van der Waals surface area contributed by atoms with E-state index in [0.29, 0.717) is 36.5 Å². The van der Waals surface area contributed by atoms with Crippen molar-refractivity contribution in [3.63, 3.8) is 0 Å². The van der Waals surface area contributed by atoms with Crippen molar-refractivity contribution in [2.45, 2.75) is 83.5 Å². The summed E-state index contributed by atoms with van der Waals surface area (Å²) in [7, 11) is 3.73. The highest BCUT2D eigenvalue weighted by Gasteiger charge is 2.48. The van der Waals surface area contributed by atoms with Gasteiger partial charge < -0.3 is 29.5 Å². The van der Waals surface area contributed by atoms with Crippen molar-refractivity contribution in [1.29, 1.82) is 0 Å². The number of ether oxygens (including phenoxy) is 2. The van der Waals surface area contributed by atoms with E-state index in [-0.39, 0.29) is 35.6 Å². The van der Waals surface area contributed by atoms with E-state index in [1.54, 1.807) is 18.1 Å². The Kier molecular flexibility index (Phi) is 10.4. The summed E-state index contributed by atoms with van der Waals surface area (Å²) in [6.45, 7) is 12.8. The summed E-state index contributed by atoms with van der Waals surface area (Å²) in [5.41, 5.74) is 1.30. The van der Waals surface area contributed by atoms with Crippen LogP contribution in [0.3, 0.4) is 0 Å². The van der Waals surface area contributed by atoms with Crippen molar-refractivity contribution in [2.24, 2.45) is 0 Å². The van der Waals surface area contributed by atoms with Crippen LogP contribution in [-0.4, -0.2) is 101 Å². The molecular formula is C34H48N8O4. The number of anilines is 4. The molecule has 2 aromatic rings. The Morgan fingerprint density at radius 1 is 1.26 bits per heavy atom. The van der Waals surface area contributed by atoms with Crippen LogP contribution in [0.15, 0.2) is 48.4 Å². The number of nitrogens with one attached hydrogen (secondary N) is 1. The van der Waals surface area contributed by atoms with Gasteiger partial charge in [-0.25, -0.2) is 9.97 Å². The molecule has 2 saturated heterocycles. The summed E-state index contributed by atoms with van der Waals surface area (Å²) in [4.78, 5) is 48.0. The Labute approximate surface area is 272 Å². The molecular weight excluding hydrogens is 584 g/mol. The Morgan fingerprint density at radius 2 is 2.02 bits per heavy atom. The first-order valence-electron chi connectivity index (χ1n) is 16.1. The number of methoxy groups -OCH3 is 1. The number of aromatic nitrogens is 3. The minimum absolute atomic E-state index is 0.0364. The maximum atomic E-state index is 13.4. The Hall–Kier alpha value is -3.87. The van der Waals surface area contributed by atoms with Gasteiger partial charge in [0.2, 0.25) is 12.4 Å². The SMILES string of the molecule is C/C=C\N(C(=O)/C=C(\C)Nc1ncc2c(n1)N(c1cccc(N(C=O)[C@@H](C)COC)n1)C1CC(C)(C)OCC21)C1CCN(C)CC1. The lowest BCUT2D eigenvalue weighted by Gasteiger charge is -2.41. The Bertz CT molecular complexity index is 1450. The smallest absolute Gasteiger partial charge is 0.252 e. The van der Waals surface area contributed by atoms with E-state index in [1.807, 2.05) is 62.3 Å². The molecule has 46 heavy (non-hydrogen) atoms. The van der Waals surface area contributed by atoms with Gasteiger partial charge in [-0.1, -0.05) is 12.1 Å². The molecule has 3 aliphatic heterocycles. The van der Waals surface area contributed by atoms with E-state index in [9.17, 15) is 9.59 Å². The average molecular weight is 633 g/mol. The molecule has 2 unspecified atom stereocenters. The lowest BCUT2D eigenvalue weighted by atomic mass is 9.85. The predicted molar refractivity (Wildman–Crippen MR) is 179 cm³/mol. The van der Waals surface area contributed by atoms with E-state index in [1.165, 1.54) is 0 Å². The fraction of sp³-hybridized carbons (Fsp3) is 0.559. The van der Waals surface area contributed by atoms with Crippen molar-refractivity contribution < 1.29 is 19.1 Å². The van der Waals surface area contributed by atoms with Gasteiger partial charge in [-0.15, -0.1) is 0 Å². The van der Waals surface area contributed by atoms with Gasteiger partial charge >= 0.3 is 0 Å². The number of allylic oxidation sites excluding steroid dienone is 2. The van der Waals surface area contributed by atoms with E-state index in [4.69, 9.17) is 19.4 Å². The number of rotatable bonds is 11. The van der Waals surface area contributed by atoms with Gasteiger partial charge in [-0.3, -0.25) is 14.5 Å². The van der Waals surface area contributed by atoms with Gasteiger partial charge in [0, 0.05) is 54.8 Å². The summed E-state index contributed by atoms with van der Waals surface area (Å²) in [5, 5.41) is 3.26. The second kappa shape index (κ2) is 14.3. The van der Waals surface area contributed by atoms with Crippen LogP contribution in [0.2, 0.25) is 0 Å². The molecule has 5 rings (SSSR count). The van der Waals surface area contributed by atoms with Gasteiger partial charge in [0.15, 0.2) is 0 Å². The first-order chi connectivity index (χ1) is 22.0. The molecule has 1 N–H and O–H groups in total. The molecule has 2 aromatic heterocycles. The largest absolute Gasteiger partial charge is 0.383 e. The molecule has 2 fully saturated rings. The lowest BCUT2D eigenvalue weighted by molar-refractivity contribution is -0.126. The van der Waals surface area contributed by atoms with Crippen LogP contribution in [0.25, 0.3) is 0 Å². The number of fused-ring (bicyclic) bond motifs is 3. The summed E-state index contributed by atoms with van der Waals surface area (Å²) in [6.07, 6.45) is 10.7. The molecule has 2 amide bonds. The highest BCUT2D eigenvalue weighted by molar-refractivity contribution is 5.89. The number of hydrogen-bond acceptors (Lipinski definition) is 10. The second-order valence-electron chi connectivity index (χ2n) is 13.2. The summed E-state index contributed by atoms with van der Waals surface area (Å²) >= 11 is 0. The quantitative estimate of drug-likeness (QED) is 0.282. The molecule has 3 atom stereocenters. The molecule has 12 nitrogen and oxygen atoms in total. The first-order valence-corrected chi connectivity index (χ1v) is 16.1. The number of pyridine rings is 1. The van der Waals surface area contributed by atoms with Gasteiger partial charge in [0.05, 0.1) is 24.9 Å². The zero-order valence-corrected chi connectivity index (χ0v) is 28.1. The number of amides is 2. The number of hydrogen-bond donors (Lipinski definition) is 1. The van der Waals surface area contributed by atoms with Crippen molar-refractivity contribution in [3.8, 4) is 0 Å². The van der Waals surface area contributed by atoms with Crippen LogP contribution in [0.5, 0.6) is 0 Å². The van der Waals surface area contributed by atoms with Crippen LogP contribution in [0.4, 0.5) is 23.4 Å². The highest BCUT2D eigenvalue weighted by Crippen LogP contribution is 2.49. The molecule has 0 aliphatic carbocycles. The van der Waals surface area contributed by atoms with Gasteiger partial charge in [0.1, 0.15) is 17.5 Å². The first kappa shape index (κ1) is 33.5. The Balaban J connectivity index is 1.44. The van der Waals surface area contributed by atoms with E-state index < -0.39 is 0 Å². The number of carbonyl (C=O) groups is 2. The molecule has 12 heteroatoms. The third-order valence-corrected chi connectivity index (χ3v) is 9.10. The minimum atomic E-state index is -0.332. The fourth-order valence-corrected chi connectivity index (χ4v) is 6.71. The van der Waals surface area contributed by atoms with Gasteiger partial charge in [-0.2, -0.15) is 4.98 Å². The van der Waals surface area contributed by atoms with E-state index >= 15 is 0 Å². The zero-order valence-electron chi connectivity index (χ0n) is 28.1. The van der Waals surface area contributed by atoms with Gasteiger partial charge in [0.25, 0.3) is 5.91 Å². The standard InChI is InChI=1S/C34H48N8O4/c1-8-14-40(25-12-15-39(6)16-13-25)31(44)17-23(2)36-33-35-19-26-27-21-46-34(4,5)18-28(27)42(32(26)38-33)30-11-9-10-29(37-30)41(22-43)24(3)20-45-7/h8-11,14,17,19,22,24-25,27-28H,12-13,15-16,18,20-21H2,1-7H3,(H,35,36,38)/b14-8-,23-17+/t24-,27?,28?/m0/s1. The van der Waals surface area contributed by atoms with Crippen LogP contribution < -0.4 is 15.1 Å². The summed E-state index contributed by atoms with van der Waals surface area (Å²) in [6, 6.07) is 5.69. The molecule has 0 aromatic carbocycles. The second-order valence-corrected chi connectivity index (χ2v) is 13.2. The van der Waals surface area contributed by atoms with Crippen molar-refractivity contribution in [2.75, 3.05) is 55.6 Å². The minimum Gasteiger partial charge on any atom is -0.383 e. The van der Waals surface area contributed by atoms with Crippen molar-refractivity contribution in [1.82, 2.24) is 24.8 Å². The molecule has 3 aliphatic rings. The lowest BCUT2D eigenvalue weighted by Crippen LogP contribution is -2.45. The normalized spacial score (nSPS) is 22.3. The molecule has 0 saturated carbocycles. The van der Waals surface area contributed by atoms with Crippen LogP contribution in [-0.2, 0) is 19.1 Å². The maximum absolute atomic E-state index is 13.4. The van der Waals surface area contributed by atoms with Crippen LogP contribution in [0.1, 0.15) is 65.4 Å². The molecule has 5 heterocycles. The summed E-state index contributed by atoms with van der Waals surface area (Å²) in [5.74, 6) is 2.33. The Morgan fingerprint density at radius 3 is 2.72 bits per heavy atom. The maximum Gasteiger partial charge on any atom is 0.252 e. The number of nitrogens with zero attached hydrogens (tertiary/aromatic N) is 7. The number of carbonyl (C=O) groups excluding carboxylic acids is 2. The molecule has 0 bridgehead atoms. The van der Waals surface area contributed by atoms with E-state index in [2.05, 4.69) is 41.0 Å². The van der Waals surface area contributed by atoms with Crippen molar-refractivity contribution >= 4 is 35.7 Å². The number of likely N-dealkylation sites (tertiary alicyclic amines) is 1.